The van der Waals surface area contributed by atoms with Gasteiger partial charge in [-0.3, -0.25) is 10.1 Å². The summed E-state index contributed by atoms with van der Waals surface area (Å²) in [5, 5.41) is 22.9. The number of hydrogen-bond donors (Lipinski definition) is 2. The average Bonchev–Trinajstić information content (AvgIpc) is 2.27. The van der Waals surface area contributed by atoms with E-state index in [0.29, 0.717) is 11.0 Å². The molecule has 0 radical (unpaired) electrons. The number of halogens is 1. The molecule has 0 aliphatic heterocycles. The standard InChI is InChI=1S/C11H15BrN2O3/c1-11(2,7-15)13-6-8-3-4-9(12)10(5-8)14(16)17/h3-5,13,15H,6-7H2,1-2H3. The zero-order chi connectivity index (χ0) is 13.1. The van der Waals surface area contributed by atoms with Crippen molar-refractivity contribution in [2.75, 3.05) is 6.61 Å². The van der Waals surface area contributed by atoms with Crippen LogP contribution in [0.2, 0.25) is 0 Å². The summed E-state index contributed by atoms with van der Waals surface area (Å²) in [6.07, 6.45) is 0. The molecule has 0 atom stereocenters. The van der Waals surface area contributed by atoms with Gasteiger partial charge in [-0.1, -0.05) is 6.07 Å². The van der Waals surface area contributed by atoms with Crippen molar-refractivity contribution in [1.29, 1.82) is 0 Å². The van der Waals surface area contributed by atoms with E-state index in [1.54, 1.807) is 12.1 Å². The van der Waals surface area contributed by atoms with E-state index in [-0.39, 0.29) is 12.3 Å². The molecule has 0 aliphatic rings. The lowest BCUT2D eigenvalue weighted by Gasteiger charge is -2.23. The Morgan fingerprint density at radius 3 is 2.71 bits per heavy atom. The predicted molar refractivity (Wildman–Crippen MR) is 68.8 cm³/mol. The van der Waals surface area contributed by atoms with E-state index in [1.165, 1.54) is 6.07 Å². The molecule has 0 amide bonds. The Labute approximate surface area is 108 Å². The van der Waals surface area contributed by atoms with Gasteiger partial charge in [0.2, 0.25) is 0 Å². The van der Waals surface area contributed by atoms with Gasteiger partial charge in [-0.2, -0.15) is 0 Å². The number of nitro benzene ring substituents is 1. The molecule has 6 heteroatoms. The molecule has 0 saturated heterocycles. The summed E-state index contributed by atoms with van der Waals surface area (Å²) in [5.41, 5.74) is 0.453. The SMILES string of the molecule is CC(C)(CO)NCc1ccc(Br)c([N+](=O)[O-])c1. The minimum atomic E-state index is -0.426. The zero-order valence-corrected chi connectivity index (χ0v) is 11.3. The Balaban J connectivity index is 2.80. The lowest BCUT2D eigenvalue weighted by molar-refractivity contribution is -0.385. The number of hydrogen-bond acceptors (Lipinski definition) is 4. The lowest BCUT2D eigenvalue weighted by atomic mass is 10.1. The maximum absolute atomic E-state index is 10.7. The van der Waals surface area contributed by atoms with Crippen LogP contribution in [0.5, 0.6) is 0 Å². The first-order valence-corrected chi connectivity index (χ1v) is 5.94. The maximum atomic E-state index is 10.7. The number of aliphatic hydroxyl groups excluding tert-OH is 1. The highest BCUT2D eigenvalue weighted by Gasteiger charge is 2.16. The van der Waals surface area contributed by atoms with E-state index in [4.69, 9.17) is 5.11 Å². The van der Waals surface area contributed by atoms with Gasteiger partial charge in [0.15, 0.2) is 0 Å². The molecular weight excluding hydrogens is 288 g/mol. The van der Waals surface area contributed by atoms with E-state index >= 15 is 0 Å². The normalized spacial score (nSPS) is 11.5. The van der Waals surface area contributed by atoms with Crippen LogP contribution in [0.1, 0.15) is 19.4 Å². The highest BCUT2D eigenvalue weighted by atomic mass is 79.9. The van der Waals surface area contributed by atoms with Crippen LogP contribution >= 0.6 is 15.9 Å². The highest BCUT2D eigenvalue weighted by molar-refractivity contribution is 9.10. The summed E-state index contributed by atoms with van der Waals surface area (Å²) in [6, 6.07) is 4.98. The molecule has 94 valence electrons. The van der Waals surface area contributed by atoms with Crippen molar-refractivity contribution in [1.82, 2.24) is 5.32 Å². The average molecular weight is 303 g/mol. The third kappa shape index (κ3) is 4.07. The largest absolute Gasteiger partial charge is 0.394 e. The first kappa shape index (κ1) is 14.1. The quantitative estimate of drug-likeness (QED) is 0.646. The van der Waals surface area contributed by atoms with Crippen molar-refractivity contribution >= 4 is 21.6 Å². The third-order valence-electron chi connectivity index (χ3n) is 2.37. The smallest absolute Gasteiger partial charge is 0.283 e. The van der Waals surface area contributed by atoms with Crippen LogP contribution in [-0.4, -0.2) is 22.2 Å². The number of aliphatic hydroxyl groups is 1. The first-order valence-electron chi connectivity index (χ1n) is 5.14. The number of benzene rings is 1. The van der Waals surface area contributed by atoms with Gasteiger partial charge in [-0.05, 0) is 41.4 Å². The lowest BCUT2D eigenvalue weighted by Crippen LogP contribution is -2.42. The van der Waals surface area contributed by atoms with Crippen LogP contribution in [0.3, 0.4) is 0 Å². The third-order valence-corrected chi connectivity index (χ3v) is 3.04. The summed E-state index contributed by atoms with van der Waals surface area (Å²) >= 11 is 3.13. The van der Waals surface area contributed by atoms with Crippen LogP contribution in [-0.2, 0) is 6.54 Å². The molecule has 0 bridgehead atoms. The van der Waals surface area contributed by atoms with E-state index in [9.17, 15) is 10.1 Å². The minimum Gasteiger partial charge on any atom is -0.394 e. The Morgan fingerprint density at radius 1 is 1.53 bits per heavy atom. The fourth-order valence-corrected chi connectivity index (χ4v) is 1.60. The van der Waals surface area contributed by atoms with Gasteiger partial charge < -0.3 is 10.4 Å². The molecule has 0 spiro atoms. The second kappa shape index (κ2) is 5.57. The second-order valence-corrected chi connectivity index (χ2v) is 5.29. The summed E-state index contributed by atoms with van der Waals surface area (Å²) in [5.74, 6) is 0. The van der Waals surface area contributed by atoms with Gasteiger partial charge in [0.1, 0.15) is 0 Å². The van der Waals surface area contributed by atoms with Crippen LogP contribution in [0.15, 0.2) is 22.7 Å². The molecule has 0 fully saturated rings. The van der Waals surface area contributed by atoms with E-state index in [1.807, 2.05) is 13.8 Å². The van der Waals surface area contributed by atoms with Crippen molar-refractivity contribution in [3.05, 3.63) is 38.3 Å². The van der Waals surface area contributed by atoms with Crippen LogP contribution in [0.25, 0.3) is 0 Å². The molecule has 1 rings (SSSR count). The summed E-state index contributed by atoms with van der Waals surface area (Å²) in [7, 11) is 0. The molecule has 0 heterocycles. The van der Waals surface area contributed by atoms with Gasteiger partial charge in [-0.15, -0.1) is 0 Å². The van der Waals surface area contributed by atoms with Crippen molar-refractivity contribution in [2.45, 2.75) is 25.9 Å². The summed E-state index contributed by atoms with van der Waals surface area (Å²) in [6.45, 7) is 4.20. The number of nitrogens with zero attached hydrogens (tertiary/aromatic N) is 1. The van der Waals surface area contributed by atoms with Gasteiger partial charge >= 0.3 is 0 Å². The Bertz CT molecular complexity index is 421. The molecule has 1 aromatic rings. The van der Waals surface area contributed by atoms with Crippen molar-refractivity contribution in [2.24, 2.45) is 0 Å². The number of nitrogens with one attached hydrogen (secondary N) is 1. The fourth-order valence-electron chi connectivity index (χ4n) is 1.21. The second-order valence-electron chi connectivity index (χ2n) is 4.44. The van der Waals surface area contributed by atoms with Gasteiger partial charge in [0.05, 0.1) is 16.0 Å². The Hall–Kier alpha value is -0.980. The predicted octanol–water partition coefficient (Wildman–Crippen LogP) is 2.22. The molecule has 17 heavy (non-hydrogen) atoms. The zero-order valence-electron chi connectivity index (χ0n) is 9.74. The molecule has 0 aromatic heterocycles. The fraction of sp³-hybridized carbons (Fsp3) is 0.455. The van der Waals surface area contributed by atoms with Gasteiger partial charge in [0, 0.05) is 18.2 Å². The van der Waals surface area contributed by atoms with E-state index < -0.39 is 10.5 Å². The Kier molecular flexibility index (Phi) is 4.62. The highest BCUT2D eigenvalue weighted by Crippen LogP contribution is 2.25. The maximum Gasteiger partial charge on any atom is 0.283 e. The molecule has 0 saturated carbocycles. The molecule has 0 aliphatic carbocycles. The molecule has 1 aromatic carbocycles. The van der Waals surface area contributed by atoms with E-state index in [0.717, 1.165) is 5.56 Å². The molecular formula is C11H15BrN2O3. The molecule has 2 N–H and O–H groups in total. The van der Waals surface area contributed by atoms with Crippen molar-refractivity contribution < 1.29 is 10.0 Å². The van der Waals surface area contributed by atoms with Gasteiger partial charge in [0.25, 0.3) is 5.69 Å². The molecule has 0 unspecified atom stereocenters. The monoisotopic (exact) mass is 302 g/mol. The van der Waals surface area contributed by atoms with E-state index in [2.05, 4.69) is 21.2 Å². The number of nitro groups is 1. The van der Waals surface area contributed by atoms with Crippen molar-refractivity contribution in [3.63, 3.8) is 0 Å². The Morgan fingerprint density at radius 2 is 2.18 bits per heavy atom. The minimum absolute atomic E-state index is 0.00558. The summed E-state index contributed by atoms with van der Waals surface area (Å²) < 4.78 is 0.465. The number of rotatable bonds is 5. The van der Waals surface area contributed by atoms with Crippen LogP contribution in [0, 0.1) is 10.1 Å². The van der Waals surface area contributed by atoms with Crippen LogP contribution < -0.4 is 5.32 Å². The van der Waals surface area contributed by atoms with Gasteiger partial charge in [-0.25, -0.2) is 0 Å². The first-order chi connectivity index (χ1) is 7.85. The van der Waals surface area contributed by atoms with Crippen LogP contribution in [0.4, 0.5) is 5.69 Å². The topological polar surface area (TPSA) is 75.4 Å². The summed E-state index contributed by atoms with van der Waals surface area (Å²) in [4.78, 5) is 10.3. The van der Waals surface area contributed by atoms with Crippen molar-refractivity contribution in [3.8, 4) is 0 Å². The molecule has 5 nitrogen and oxygen atoms in total.